The fraction of sp³-hybridized carbons (Fsp3) is 0.800. The van der Waals surface area contributed by atoms with E-state index in [4.69, 9.17) is 4.98 Å². The fourth-order valence-electron chi connectivity index (χ4n) is 2.87. The smallest absolute Gasteiger partial charge is 0.185 e. The van der Waals surface area contributed by atoms with Crippen molar-refractivity contribution in [2.45, 2.75) is 52.5 Å². The highest BCUT2D eigenvalue weighted by Crippen LogP contribution is 2.34. The van der Waals surface area contributed by atoms with Crippen LogP contribution in [0.3, 0.4) is 0 Å². The van der Waals surface area contributed by atoms with Crippen molar-refractivity contribution < 1.29 is 0 Å². The highest BCUT2D eigenvalue weighted by Gasteiger charge is 2.25. The Kier molecular flexibility index (Phi) is 5.22. The second kappa shape index (κ2) is 6.71. The molecule has 1 fully saturated rings. The first-order chi connectivity index (χ1) is 9.15. The third-order valence-corrected chi connectivity index (χ3v) is 4.99. The second-order valence-corrected chi connectivity index (χ2v) is 6.94. The Bertz CT molecular complexity index is 400. The molecule has 1 unspecified atom stereocenters. The summed E-state index contributed by atoms with van der Waals surface area (Å²) in [6, 6.07) is 0. The highest BCUT2D eigenvalue weighted by atomic mass is 32.1. The van der Waals surface area contributed by atoms with Gasteiger partial charge in [-0.3, -0.25) is 0 Å². The van der Waals surface area contributed by atoms with Crippen LogP contribution in [0.2, 0.25) is 0 Å². The molecule has 4 heteroatoms. The molecule has 1 saturated heterocycles. The van der Waals surface area contributed by atoms with Gasteiger partial charge in [0.15, 0.2) is 5.13 Å². The van der Waals surface area contributed by atoms with E-state index in [9.17, 15) is 0 Å². The van der Waals surface area contributed by atoms with E-state index in [1.807, 2.05) is 18.4 Å². The molecule has 19 heavy (non-hydrogen) atoms. The maximum absolute atomic E-state index is 4.91. The second-order valence-electron chi connectivity index (χ2n) is 5.88. The van der Waals surface area contributed by atoms with E-state index < -0.39 is 0 Å². The van der Waals surface area contributed by atoms with E-state index in [1.54, 1.807) is 0 Å². The van der Waals surface area contributed by atoms with Gasteiger partial charge in [-0.1, -0.05) is 27.2 Å². The Morgan fingerprint density at radius 1 is 1.47 bits per heavy atom. The fourth-order valence-corrected chi connectivity index (χ4v) is 4.14. The molecule has 1 N–H and O–H groups in total. The Morgan fingerprint density at radius 2 is 2.26 bits per heavy atom. The van der Waals surface area contributed by atoms with Crippen LogP contribution in [-0.2, 0) is 6.54 Å². The molecule has 0 aromatic carbocycles. The van der Waals surface area contributed by atoms with E-state index in [2.05, 4.69) is 31.0 Å². The number of nitrogens with one attached hydrogen (secondary N) is 1. The van der Waals surface area contributed by atoms with Crippen molar-refractivity contribution in [1.29, 1.82) is 0 Å². The Morgan fingerprint density at radius 3 is 2.89 bits per heavy atom. The van der Waals surface area contributed by atoms with E-state index in [1.165, 1.54) is 48.1 Å². The van der Waals surface area contributed by atoms with Crippen molar-refractivity contribution in [2.24, 2.45) is 5.92 Å². The highest BCUT2D eigenvalue weighted by molar-refractivity contribution is 7.15. The minimum atomic E-state index is 0.516. The molecule has 2 rings (SSSR count). The third kappa shape index (κ3) is 3.48. The van der Waals surface area contributed by atoms with Crippen LogP contribution in [0.5, 0.6) is 0 Å². The molecule has 0 bridgehead atoms. The first-order valence-corrected chi connectivity index (χ1v) is 8.36. The van der Waals surface area contributed by atoms with Gasteiger partial charge in [0, 0.05) is 24.5 Å². The number of nitrogens with zero attached hydrogens (tertiary/aromatic N) is 2. The van der Waals surface area contributed by atoms with Crippen LogP contribution in [0.15, 0.2) is 0 Å². The Hall–Kier alpha value is -0.610. The van der Waals surface area contributed by atoms with Gasteiger partial charge in [0.2, 0.25) is 0 Å². The standard InChI is InChI=1S/C15H27N3S/c1-5-6-12-7-8-18(10-12)15-17-14(11(2)3)13(19-15)9-16-4/h11-12,16H,5-10H2,1-4H3. The van der Waals surface area contributed by atoms with Crippen LogP contribution < -0.4 is 10.2 Å². The molecule has 0 saturated carbocycles. The summed E-state index contributed by atoms with van der Waals surface area (Å²) in [5, 5.41) is 4.51. The molecule has 0 radical (unpaired) electrons. The predicted octanol–water partition coefficient (Wildman–Crippen LogP) is 3.61. The zero-order valence-corrected chi connectivity index (χ0v) is 13.5. The van der Waals surface area contributed by atoms with Crippen molar-refractivity contribution in [3.63, 3.8) is 0 Å². The molecule has 1 aliphatic rings. The van der Waals surface area contributed by atoms with Crippen LogP contribution >= 0.6 is 11.3 Å². The lowest BCUT2D eigenvalue weighted by Gasteiger charge is -2.14. The lowest BCUT2D eigenvalue weighted by atomic mass is 10.0. The monoisotopic (exact) mass is 281 g/mol. The molecule has 2 heterocycles. The van der Waals surface area contributed by atoms with Crippen molar-refractivity contribution in [2.75, 3.05) is 25.0 Å². The number of hydrogen-bond acceptors (Lipinski definition) is 4. The van der Waals surface area contributed by atoms with Gasteiger partial charge in [-0.25, -0.2) is 4.98 Å². The summed E-state index contributed by atoms with van der Waals surface area (Å²) in [7, 11) is 2.01. The molecule has 1 aliphatic heterocycles. The SMILES string of the molecule is CCCC1CCN(c2nc(C(C)C)c(CNC)s2)C1. The summed E-state index contributed by atoms with van der Waals surface area (Å²) in [5.41, 5.74) is 1.29. The summed E-state index contributed by atoms with van der Waals surface area (Å²) in [6.45, 7) is 10.1. The van der Waals surface area contributed by atoms with Gasteiger partial charge in [0.25, 0.3) is 0 Å². The number of anilines is 1. The van der Waals surface area contributed by atoms with E-state index in [0.717, 1.165) is 12.5 Å². The van der Waals surface area contributed by atoms with Gasteiger partial charge in [0.1, 0.15) is 0 Å². The molecule has 1 atom stereocenters. The lowest BCUT2D eigenvalue weighted by molar-refractivity contribution is 0.529. The molecular formula is C15H27N3S. The molecule has 1 aromatic rings. The van der Waals surface area contributed by atoms with Gasteiger partial charge in [-0.05, 0) is 31.7 Å². The van der Waals surface area contributed by atoms with E-state index >= 15 is 0 Å². The minimum absolute atomic E-state index is 0.516. The summed E-state index contributed by atoms with van der Waals surface area (Å²) < 4.78 is 0. The zero-order chi connectivity index (χ0) is 13.8. The average molecular weight is 281 g/mol. The molecule has 0 amide bonds. The Balaban J connectivity index is 2.10. The number of thiazole rings is 1. The topological polar surface area (TPSA) is 28.2 Å². The van der Waals surface area contributed by atoms with Crippen molar-refractivity contribution in [1.82, 2.24) is 10.3 Å². The van der Waals surface area contributed by atoms with Gasteiger partial charge in [-0.15, -0.1) is 11.3 Å². The summed E-state index contributed by atoms with van der Waals surface area (Å²) in [4.78, 5) is 8.81. The van der Waals surface area contributed by atoms with Gasteiger partial charge >= 0.3 is 0 Å². The van der Waals surface area contributed by atoms with Crippen LogP contribution in [0.4, 0.5) is 5.13 Å². The molecular weight excluding hydrogens is 254 g/mol. The zero-order valence-electron chi connectivity index (χ0n) is 12.7. The number of hydrogen-bond donors (Lipinski definition) is 1. The minimum Gasteiger partial charge on any atom is -0.348 e. The normalized spacial score (nSPS) is 19.6. The maximum atomic E-state index is 4.91. The quantitative estimate of drug-likeness (QED) is 0.863. The lowest BCUT2D eigenvalue weighted by Crippen LogP contribution is -2.19. The number of rotatable bonds is 6. The van der Waals surface area contributed by atoms with Gasteiger partial charge in [-0.2, -0.15) is 0 Å². The van der Waals surface area contributed by atoms with Crippen molar-refractivity contribution in [3.8, 4) is 0 Å². The molecule has 108 valence electrons. The summed E-state index contributed by atoms with van der Waals surface area (Å²) in [5.74, 6) is 1.39. The molecule has 1 aromatic heterocycles. The molecule has 0 spiro atoms. The average Bonchev–Trinajstić information content (AvgIpc) is 2.96. The first-order valence-electron chi connectivity index (χ1n) is 7.54. The van der Waals surface area contributed by atoms with E-state index in [0.29, 0.717) is 5.92 Å². The van der Waals surface area contributed by atoms with Crippen molar-refractivity contribution >= 4 is 16.5 Å². The van der Waals surface area contributed by atoms with Crippen molar-refractivity contribution in [3.05, 3.63) is 10.6 Å². The van der Waals surface area contributed by atoms with Crippen LogP contribution in [-0.4, -0.2) is 25.1 Å². The molecule has 3 nitrogen and oxygen atoms in total. The summed E-state index contributed by atoms with van der Waals surface area (Å²) in [6.07, 6.45) is 4.01. The number of aromatic nitrogens is 1. The molecule has 0 aliphatic carbocycles. The third-order valence-electron chi connectivity index (χ3n) is 3.85. The van der Waals surface area contributed by atoms with Crippen LogP contribution in [0.25, 0.3) is 0 Å². The summed E-state index contributed by atoms with van der Waals surface area (Å²) >= 11 is 1.88. The maximum Gasteiger partial charge on any atom is 0.185 e. The van der Waals surface area contributed by atoms with Gasteiger partial charge in [0.05, 0.1) is 5.69 Å². The largest absolute Gasteiger partial charge is 0.348 e. The first kappa shape index (κ1) is 14.8. The predicted molar refractivity (Wildman–Crippen MR) is 84.2 cm³/mol. The van der Waals surface area contributed by atoms with E-state index in [-0.39, 0.29) is 0 Å². The Labute approximate surface area is 121 Å². The van der Waals surface area contributed by atoms with Gasteiger partial charge < -0.3 is 10.2 Å². The van der Waals surface area contributed by atoms with Crippen LogP contribution in [0, 0.1) is 5.92 Å². The van der Waals surface area contributed by atoms with Crippen LogP contribution in [0.1, 0.15) is 56.5 Å².